The molecule has 1 amide bonds. The molecule has 0 aliphatic rings. The highest BCUT2D eigenvalue weighted by Gasteiger charge is 2.28. The SMILES string of the molecule is CC(=O)N(n1cccc1)S(=O)(=O)c1cccc(O)c1. The fourth-order valence-corrected chi connectivity index (χ4v) is 3.06. The molecule has 0 atom stereocenters. The van der Waals surface area contributed by atoms with E-state index in [0.29, 0.717) is 4.41 Å². The van der Waals surface area contributed by atoms with Gasteiger partial charge < -0.3 is 5.11 Å². The van der Waals surface area contributed by atoms with Gasteiger partial charge in [-0.15, -0.1) is 4.41 Å². The maximum absolute atomic E-state index is 12.4. The van der Waals surface area contributed by atoms with Crippen LogP contribution in [0.15, 0.2) is 53.7 Å². The van der Waals surface area contributed by atoms with Crippen LogP contribution in [0.2, 0.25) is 0 Å². The van der Waals surface area contributed by atoms with E-state index in [1.165, 1.54) is 35.3 Å². The molecule has 1 aromatic heterocycles. The number of nitrogens with zero attached hydrogens (tertiary/aromatic N) is 2. The van der Waals surface area contributed by atoms with E-state index < -0.39 is 15.9 Å². The summed E-state index contributed by atoms with van der Waals surface area (Å²) in [6.07, 6.45) is 2.89. The molecule has 0 radical (unpaired) electrons. The smallest absolute Gasteiger partial charge is 0.284 e. The molecule has 0 saturated carbocycles. The zero-order valence-corrected chi connectivity index (χ0v) is 10.9. The van der Waals surface area contributed by atoms with E-state index >= 15 is 0 Å². The van der Waals surface area contributed by atoms with Gasteiger partial charge in [-0.25, -0.2) is 0 Å². The molecule has 1 heterocycles. The first kappa shape index (κ1) is 13.2. The molecule has 7 heteroatoms. The van der Waals surface area contributed by atoms with Gasteiger partial charge in [0.1, 0.15) is 5.75 Å². The summed E-state index contributed by atoms with van der Waals surface area (Å²) in [5.74, 6) is -0.836. The van der Waals surface area contributed by atoms with Gasteiger partial charge in [-0.2, -0.15) is 8.42 Å². The lowest BCUT2D eigenvalue weighted by Gasteiger charge is -2.21. The minimum atomic E-state index is -4.06. The molecule has 0 fully saturated rings. The van der Waals surface area contributed by atoms with Crippen molar-refractivity contribution < 1.29 is 18.3 Å². The number of aromatic nitrogens is 1. The van der Waals surface area contributed by atoms with Gasteiger partial charge in [-0.05, 0) is 24.3 Å². The van der Waals surface area contributed by atoms with Crippen LogP contribution >= 0.6 is 0 Å². The lowest BCUT2D eigenvalue weighted by atomic mass is 10.3. The van der Waals surface area contributed by atoms with Gasteiger partial charge >= 0.3 is 0 Å². The first-order chi connectivity index (χ1) is 8.93. The normalized spacial score (nSPS) is 11.2. The minimum absolute atomic E-state index is 0.156. The second-order valence-electron chi connectivity index (χ2n) is 3.83. The molecule has 1 N–H and O–H groups in total. The van der Waals surface area contributed by atoms with Crippen molar-refractivity contribution in [1.82, 2.24) is 4.68 Å². The van der Waals surface area contributed by atoms with Crippen LogP contribution < -0.4 is 4.41 Å². The predicted molar refractivity (Wildman–Crippen MR) is 68.6 cm³/mol. The van der Waals surface area contributed by atoms with Crippen LogP contribution in [0.25, 0.3) is 0 Å². The van der Waals surface area contributed by atoms with E-state index in [2.05, 4.69) is 0 Å². The Labute approximate surface area is 110 Å². The highest BCUT2D eigenvalue weighted by molar-refractivity contribution is 7.93. The lowest BCUT2D eigenvalue weighted by Crippen LogP contribution is -2.43. The van der Waals surface area contributed by atoms with Crippen LogP contribution in [0.3, 0.4) is 0 Å². The molecule has 1 aromatic carbocycles. The first-order valence-electron chi connectivity index (χ1n) is 5.41. The maximum atomic E-state index is 12.4. The van der Waals surface area contributed by atoms with Crippen molar-refractivity contribution in [2.24, 2.45) is 0 Å². The number of phenols is 1. The zero-order valence-electron chi connectivity index (χ0n) is 10.1. The van der Waals surface area contributed by atoms with Crippen molar-refractivity contribution >= 4 is 15.9 Å². The van der Waals surface area contributed by atoms with Crippen LogP contribution in [0.1, 0.15) is 6.92 Å². The number of benzene rings is 1. The summed E-state index contributed by atoms with van der Waals surface area (Å²) in [7, 11) is -4.06. The standard InChI is InChI=1S/C12H12N2O4S/c1-10(15)14(13-7-2-3-8-13)19(17,18)12-6-4-5-11(16)9-12/h2-9,16H,1H3. The number of aromatic hydroxyl groups is 1. The van der Waals surface area contributed by atoms with E-state index in [4.69, 9.17) is 0 Å². The minimum Gasteiger partial charge on any atom is -0.508 e. The van der Waals surface area contributed by atoms with Gasteiger partial charge in [0.2, 0.25) is 0 Å². The van der Waals surface area contributed by atoms with Crippen molar-refractivity contribution in [3.8, 4) is 5.75 Å². The van der Waals surface area contributed by atoms with Gasteiger partial charge in [-0.3, -0.25) is 9.47 Å². The fourth-order valence-electron chi connectivity index (χ4n) is 1.65. The highest BCUT2D eigenvalue weighted by Crippen LogP contribution is 2.19. The summed E-state index contributed by atoms with van der Waals surface area (Å²) >= 11 is 0. The van der Waals surface area contributed by atoms with Gasteiger partial charge in [0.25, 0.3) is 15.9 Å². The number of phenolic OH excluding ortho intramolecular Hbond substituents is 1. The van der Waals surface area contributed by atoms with Crippen molar-refractivity contribution in [3.05, 3.63) is 48.8 Å². The molecule has 6 nitrogen and oxygen atoms in total. The summed E-state index contributed by atoms with van der Waals surface area (Å²) in [6.45, 7) is 1.15. The second kappa shape index (κ2) is 4.77. The molecule has 0 spiro atoms. The number of hydrogen-bond donors (Lipinski definition) is 1. The lowest BCUT2D eigenvalue weighted by molar-refractivity contribution is -0.116. The fraction of sp³-hybridized carbons (Fsp3) is 0.0833. The molecular formula is C12H12N2O4S. The highest BCUT2D eigenvalue weighted by atomic mass is 32.2. The van der Waals surface area contributed by atoms with Crippen molar-refractivity contribution in [2.45, 2.75) is 11.8 Å². The Hall–Kier alpha value is -2.28. The topological polar surface area (TPSA) is 79.6 Å². The zero-order chi connectivity index (χ0) is 14.0. The van der Waals surface area contributed by atoms with Crippen molar-refractivity contribution in [1.29, 1.82) is 0 Å². The molecule has 19 heavy (non-hydrogen) atoms. The number of amides is 1. The third-order valence-corrected chi connectivity index (χ3v) is 4.16. The van der Waals surface area contributed by atoms with E-state index in [-0.39, 0.29) is 10.6 Å². The first-order valence-corrected chi connectivity index (χ1v) is 6.85. The largest absolute Gasteiger partial charge is 0.508 e. The molecule has 100 valence electrons. The van der Waals surface area contributed by atoms with Crippen LogP contribution in [-0.4, -0.2) is 24.1 Å². The summed E-state index contributed by atoms with van der Waals surface area (Å²) in [5, 5.41) is 9.35. The summed E-state index contributed by atoms with van der Waals surface area (Å²) in [6, 6.07) is 8.37. The Kier molecular flexibility index (Phi) is 3.30. The Morgan fingerprint density at radius 1 is 1.21 bits per heavy atom. The van der Waals surface area contributed by atoms with Crippen LogP contribution in [0, 0.1) is 0 Å². The van der Waals surface area contributed by atoms with E-state index in [1.807, 2.05) is 0 Å². The van der Waals surface area contributed by atoms with Crippen LogP contribution in [-0.2, 0) is 14.8 Å². The number of sulfonamides is 1. The molecule has 2 rings (SSSR count). The molecule has 0 aliphatic carbocycles. The molecular weight excluding hydrogens is 268 g/mol. The predicted octanol–water partition coefficient (Wildman–Crippen LogP) is 1.07. The average molecular weight is 280 g/mol. The monoisotopic (exact) mass is 280 g/mol. The van der Waals surface area contributed by atoms with Gasteiger partial charge in [0.05, 0.1) is 4.90 Å². The van der Waals surface area contributed by atoms with Crippen molar-refractivity contribution in [2.75, 3.05) is 4.41 Å². The Balaban J connectivity index is 2.56. The van der Waals surface area contributed by atoms with Gasteiger partial charge in [-0.1, -0.05) is 6.07 Å². The number of hydrogen-bond acceptors (Lipinski definition) is 4. The Bertz CT molecular complexity index is 692. The van der Waals surface area contributed by atoms with Crippen LogP contribution in [0.5, 0.6) is 5.75 Å². The molecule has 0 bridgehead atoms. The number of carbonyl (C=O) groups excluding carboxylic acids is 1. The number of rotatable bonds is 3. The average Bonchev–Trinajstić information content (AvgIpc) is 2.81. The molecule has 0 aliphatic heterocycles. The van der Waals surface area contributed by atoms with E-state index in [9.17, 15) is 18.3 Å². The molecule has 2 aromatic rings. The van der Waals surface area contributed by atoms with Gasteiger partial charge in [0.15, 0.2) is 0 Å². The number of carbonyl (C=O) groups is 1. The third-order valence-electron chi connectivity index (χ3n) is 2.41. The maximum Gasteiger partial charge on any atom is 0.284 e. The Morgan fingerprint density at radius 3 is 2.37 bits per heavy atom. The van der Waals surface area contributed by atoms with Gasteiger partial charge in [0, 0.05) is 25.4 Å². The summed E-state index contributed by atoms with van der Waals surface area (Å²) in [5.41, 5.74) is 0. The van der Waals surface area contributed by atoms with Crippen molar-refractivity contribution in [3.63, 3.8) is 0 Å². The summed E-state index contributed by atoms with van der Waals surface area (Å²) < 4.78 is 26.6. The van der Waals surface area contributed by atoms with E-state index in [1.54, 1.807) is 12.1 Å². The second-order valence-corrected chi connectivity index (χ2v) is 5.59. The Morgan fingerprint density at radius 2 is 1.84 bits per heavy atom. The molecule has 0 unspecified atom stereocenters. The quantitative estimate of drug-likeness (QED) is 0.912. The van der Waals surface area contributed by atoms with Crippen LogP contribution in [0.4, 0.5) is 0 Å². The third kappa shape index (κ3) is 2.45. The summed E-state index contributed by atoms with van der Waals surface area (Å²) in [4.78, 5) is 11.5. The van der Waals surface area contributed by atoms with E-state index in [0.717, 1.165) is 13.0 Å². The molecule has 0 saturated heterocycles.